The molecule has 16 heavy (non-hydrogen) atoms. The number of hydrogen-bond donors (Lipinski definition) is 2. The summed E-state index contributed by atoms with van der Waals surface area (Å²) in [6, 6.07) is 1.96. The van der Waals surface area contributed by atoms with Crippen LogP contribution in [0.15, 0.2) is 10.5 Å². The van der Waals surface area contributed by atoms with Crippen molar-refractivity contribution >= 4 is 15.9 Å². The van der Waals surface area contributed by atoms with Gasteiger partial charge in [-0.25, -0.2) is 0 Å². The third-order valence-electron chi connectivity index (χ3n) is 3.66. The van der Waals surface area contributed by atoms with Crippen molar-refractivity contribution in [2.75, 3.05) is 0 Å². The molecule has 3 heteroatoms. The molecule has 0 aliphatic heterocycles. The first kappa shape index (κ1) is 11.9. The number of nitrogens with two attached hydrogens (primary N) is 1. The molecule has 0 saturated heterocycles. The number of aromatic hydroxyl groups is 1. The SMILES string of the molecule is Cc1cc(Br)c(O)c(CCC2(N)CC2)c1C. The largest absolute Gasteiger partial charge is 0.506 e. The highest BCUT2D eigenvalue weighted by molar-refractivity contribution is 9.10. The van der Waals surface area contributed by atoms with E-state index in [1.54, 1.807) is 0 Å². The van der Waals surface area contributed by atoms with Crippen LogP contribution in [-0.4, -0.2) is 10.6 Å². The number of halogens is 1. The monoisotopic (exact) mass is 283 g/mol. The van der Waals surface area contributed by atoms with E-state index in [-0.39, 0.29) is 5.54 Å². The molecule has 0 atom stereocenters. The minimum absolute atomic E-state index is 0.0507. The molecular formula is C13H18BrNO. The summed E-state index contributed by atoms with van der Waals surface area (Å²) in [6.45, 7) is 4.13. The van der Waals surface area contributed by atoms with E-state index >= 15 is 0 Å². The van der Waals surface area contributed by atoms with Crippen LogP contribution in [0.25, 0.3) is 0 Å². The lowest BCUT2D eigenvalue weighted by atomic mass is 9.96. The summed E-state index contributed by atoms with van der Waals surface area (Å²) in [5.41, 5.74) is 9.57. The lowest BCUT2D eigenvalue weighted by molar-refractivity contribution is 0.460. The highest BCUT2D eigenvalue weighted by Crippen LogP contribution is 2.39. The Morgan fingerprint density at radius 2 is 2.06 bits per heavy atom. The van der Waals surface area contributed by atoms with Crippen LogP contribution in [0.3, 0.4) is 0 Å². The van der Waals surface area contributed by atoms with Crippen LogP contribution in [0, 0.1) is 13.8 Å². The summed E-state index contributed by atoms with van der Waals surface area (Å²) in [5, 5.41) is 10.0. The second-order valence-electron chi connectivity index (χ2n) is 4.99. The van der Waals surface area contributed by atoms with E-state index in [0.29, 0.717) is 5.75 Å². The molecule has 0 heterocycles. The van der Waals surface area contributed by atoms with Crippen molar-refractivity contribution < 1.29 is 5.11 Å². The first-order valence-corrected chi connectivity index (χ1v) is 6.49. The topological polar surface area (TPSA) is 46.2 Å². The fourth-order valence-corrected chi connectivity index (χ4v) is 2.60. The smallest absolute Gasteiger partial charge is 0.133 e. The number of rotatable bonds is 3. The van der Waals surface area contributed by atoms with Gasteiger partial charge in [-0.3, -0.25) is 0 Å². The van der Waals surface area contributed by atoms with E-state index in [2.05, 4.69) is 29.8 Å². The molecule has 88 valence electrons. The van der Waals surface area contributed by atoms with Crippen LogP contribution in [-0.2, 0) is 6.42 Å². The van der Waals surface area contributed by atoms with Crippen molar-refractivity contribution in [3.05, 3.63) is 27.2 Å². The Balaban J connectivity index is 2.24. The number of phenols is 1. The summed E-state index contributed by atoms with van der Waals surface area (Å²) in [5.74, 6) is 0.382. The van der Waals surface area contributed by atoms with Gasteiger partial charge in [-0.15, -0.1) is 0 Å². The predicted octanol–water partition coefficient (Wildman–Crippen LogP) is 3.20. The minimum atomic E-state index is 0.0507. The van der Waals surface area contributed by atoms with Crippen molar-refractivity contribution in [1.29, 1.82) is 0 Å². The summed E-state index contributed by atoms with van der Waals surface area (Å²) >= 11 is 3.39. The molecule has 0 aromatic heterocycles. The Labute approximate surface area is 105 Å². The maximum Gasteiger partial charge on any atom is 0.133 e. The maximum absolute atomic E-state index is 10.0. The van der Waals surface area contributed by atoms with Gasteiger partial charge < -0.3 is 10.8 Å². The lowest BCUT2D eigenvalue weighted by Gasteiger charge is -2.15. The van der Waals surface area contributed by atoms with Gasteiger partial charge in [0, 0.05) is 5.54 Å². The van der Waals surface area contributed by atoms with Gasteiger partial charge in [0.15, 0.2) is 0 Å². The van der Waals surface area contributed by atoms with Gasteiger partial charge in [-0.2, -0.15) is 0 Å². The Hall–Kier alpha value is -0.540. The number of benzene rings is 1. The predicted molar refractivity (Wildman–Crippen MR) is 69.8 cm³/mol. The van der Waals surface area contributed by atoms with Gasteiger partial charge in [0.05, 0.1) is 4.47 Å². The minimum Gasteiger partial charge on any atom is -0.506 e. The zero-order chi connectivity index (χ0) is 11.9. The lowest BCUT2D eigenvalue weighted by Crippen LogP contribution is -2.22. The Morgan fingerprint density at radius 3 is 2.62 bits per heavy atom. The van der Waals surface area contributed by atoms with Gasteiger partial charge in [0.25, 0.3) is 0 Å². The zero-order valence-electron chi connectivity index (χ0n) is 9.81. The quantitative estimate of drug-likeness (QED) is 0.895. The molecule has 0 unspecified atom stereocenters. The molecule has 1 saturated carbocycles. The fraction of sp³-hybridized carbons (Fsp3) is 0.538. The van der Waals surface area contributed by atoms with Gasteiger partial charge in [-0.05, 0) is 78.2 Å². The molecule has 0 bridgehead atoms. The van der Waals surface area contributed by atoms with Crippen LogP contribution < -0.4 is 5.73 Å². The first-order valence-electron chi connectivity index (χ1n) is 5.69. The molecule has 1 fully saturated rings. The van der Waals surface area contributed by atoms with Crippen LogP contribution in [0.5, 0.6) is 5.75 Å². The van der Waals surface area contributed by atoms with E-state index in [4.69, 9.17) is 5.73 Å². The van der Waals surface area contributed by atoms with Crippen LogP contribution in [0.2, 0.25) is 0 Å². The molecule has 1 aromatic carbocycles. The molecule has 3 N–H and O–H groups in total. The molecule has 1 aliphatic carbocycles. The van der Waals surface area contributed by atoms with Gasteiger partial charge >= 0.3 is 0 Å². The highest BCUT2D eigenvalue weighted by Gasteiger charge is 2.37. The highest BCUT2D eigenvalue weighted by atomic mass is 79.9. The van der Waals surface area contributed by atoms with E-state index in [0.717, 1.165) is 35.7 Å². The van der Waals surface area contributed by atoms with Crippen LogP contribution in [0.4, 0.5) is 0 Å². The van der Waals surface area contributed by atoms with Gasteiger partial charge in [-0.1, -0.05) is 0 Å². The van der Waals surface area contributed by atoms with Crippen LogP contribution >= 0.6 is 15.9 Å². The molecule has 1 aliphatic rings. The molecule has 0 spiro atoms. The summed E-state index contributed by atoms with van der Waals surface area (Å²) in [4.78, 5) is 0. The van der Waals surface area contributed by atoms with E-state index in [1.807, 2.05) is 6.07 Å². The summed E-state index contributed by atoms with van der Waals surface area (Å²) in [6.07, 6.45) is 4.09. The van der Waals surface area contributed by atoms with Crippen molar-refractivity contribution in [2.24, 2.45) is 5.73 Å². The molecule has 2 nitrogen and oxygen atoms in total. The van der Waals surface area contributed by atoms with Crippen molar-refractivity contribution in [1.82, 2.24) is 0 Å². The molecular weight excluding hydrogens is 266 g/mol. The third-order valence-corrected chi connectivity index (χ3v) is 4.27. The average Bonchev–Trinajstić information content (AvgIpc) is 2.94. The number of aryl methyl sites for hydroxylation is 1. The standard InChI is InChI=1S/C13H18BrNO/c1-8-7-11(14)12(16)10(9(8)2)3-4-13(15)5-6-13/h7,16H,3-6,15H2,1-2H3. The molecule has 0 radical (unpaired) electrons. The Bertz CT molecular complexity index is 398. The number of phenolic OH excluding ortho intramolecular Hbond substituents is 1. The van der Waals surface area contributed by atoms with Crippen molar-refractivity contribution in [3.63, 3.8) is 0 Å². The normalized spacial score (nSPS) is 17.5. The maximum atomic E-state index is 10.0. The fourth-order valence-electron chi connectivity index (χ4n) is 2.02. The molecule has 2 rings (SSSR count). The zero-order valence-corrected chi connectivity index (χ0v) is 11.4. The second-order valence-corrected chi connectivity index (χ2v) is 5.84. The van der Waals surface area contributed by atoms with E-state index < -0.39 is 0 Å². The van der Waals surface area contributed by atoms with Gasteiger partial charge in [0.2, 0.25) is 0 Å². The van der Waals surface area contributed by atoms with Crippen molar-refractivity contribution in [2.45, 2.75) is 45.1 Å². The Kier molecular flexibility index (Phi) is 3.01. The first-order chi connectivity index (χ1) is 7.43. The molecule has 0 amide bonds. The number of hydrogen-bond acceptors (Lipinski definition) is 2. The van der Waals surface area contributed by atoms with Crippen LogP contribution in [0.1, 0.15) is 36.0 Å². The molecule has 1 aromatic rings. The summed E-state index contributed by atoms with van der Waals surface area (Å²) < 4.78 is 0.785. The average molecular weight is 284 g/mol. The van der Waals surface area contributed by atoms with E-state index in [1.165, 1.54) is 11.1 Å². The third kappa shape index (κ3) is 2.25. The van der Waals surface area contributed by atoms with Gasteiger partial charge in [0.1, 0.15) is 5.75 Å². The van der Waals surface area contributed by atoms with E-state index in [9.17, 15) is 5.11 Å². The second kappa shape index (κ2) is 4.04. The Morgan fingerprint density at radius 1 is 1.44 bits per heavy atom. The van der Waals surface area contributed by atoms with Crippen molar-refractivity contribution in [3.8, 4) is 5.75 Å². The summed E-state index contributed by atoms with van der Waals surface area (Å²) in [7, 11) is 0.